The Balaban J connectivity index is 1.64. The lowest BCUT2D eigenvalue weighted by Gasteiger charge is -2.14. The van der Waals surface area contributed by atoms with Crippen LogP contribution < -0.4 is 10.1 Å². The molecule has 0 radical (unpaired) electrons. The standard InChI is InChI=1S/C24H19N3O2/c28-24(27-21-10-14-26-15-11-21)22-7-6-20(19-8-12-25-13-9-19)16-23(22)29-17-18-4-2-1-3-5-18/h1-16H,17H2,(H,26,27,28). The molecule has 0 unspecified atom stereocenters. The third-order valence-electron chi connectivity index (χ3n) is 4.42. The number of nitrogens with one attached hydrogen (secondary N) is 1. The van der Waals surface area contributed by atoms with Gasteiger partial charge < -0.3 is 10.1 Å². The number of hydrogen-bond acceptors (Lipinski definition) is 4. The van der Waals surface area contributed by atoms with Crippen molar-refractivity contribution in [2.24, 2.45) is 0 Å². The van der Waals surface area contributed by atoms with Crippen molar-refractivity contribution in [3.63, 3.8) is 0 Å². The monoisotopic (exact) mass is 381 g/mol. The molecule has 0 saturated heterocycles. The second-order valence-electron chi connectivity index (χ2n) is 6.41. The van der Waals surface area contributed by atoms with Crippen LogP contribution in [0.25, 0.3) is 11.1 Å². The van der Waals surface area contributed by atoms with Crippen molar-refractivity contribution in [1.82, 2.24) is 9.97 Å². The fourth-order valence-corrected chi connectivity index (χ4v) is 2.92. The van der Waals surface area contributed by atoms with Crippen LogP contribution in [0.15, 0.2) is 97.6 Å². The van der Waals surface area contributed by atoms with Crippen molar-refractivity contribution in [3.05, 3.63) is 109 Å². The molecule has 0 bridgehead atoms. The molecule has 0 atom stereocenters. The van der Waals surface area contributed by atoms with Gasteiger partial charge in [-0.2, -0.15) is 0 Å². The topological polar surface area (TPSA) is 64.1 Å². The molecular weight excluding hydrogens is 362 g/mol. The number of benzene rings is 2. The van der Waals surface area contributed by atoms with Crippen LogP contribution >= 0.6 is 0 Å². The van der Waals surface area contributed by atoms with E-state index in [4.69, 9.17) is 4.74 Å². The minimum absolute atomic E-state index is 0.236. The summed E-state index contributed by atoms with van der Waals surface area (Å²) >= 11 is 0. The molecule has 0 fully saturated rings. The van der Waals surface area contributed by atoms with E-state index in [1.807, 2.05) is 54.6 Å². The highest BCUT2D eigenvalue weighted by molar-refractivity contribution is 6.06. The number of carbonyl (C=O) groups is 1. The van der Waals surface area contributed by atoms with Gasteiger partial charge in [0.15, 0.2) is 0 Å². The van der Waals surface area contributed by atoms with Crippen molar-refractivity contribution in [2.75, 3.05) is 5.32 Å². The van der Waals surface area contributed by atoms with E-state index in [0.717, 1.165) is 16.7 Å². The molecule has 0 aliphatic carbocycles. The molecule has 0 aliphatic heterocycles. The van der Waals surface area contributed by atoms with Gasteiger partial charge in [-0.1, -0.05) is 36.4 Å². The van der Waals surface area contributed by atoms with Crippen molar-refractivity contribution in [2.45, 2.75) is 6.61 Å². The van der Waals surface area contributed by atoms with Gasteiger partial charge in [0, 0.05) is 30.5 Å². The lowest BCUT2D eigenvalue weighted by molar-refractivity contribution is 0.102. The number of rotatable bonds is 6. The summed E-state index contributed by atoms with van der Waals surface area (Å²) in [7, 11) is 0. The predicted octanol–water partition coefficient (Wildman–Crippen LogP) is 4.97. The van der Waals surface area contributed by atoms with Gasteiger partial charge >= 0.3 is 0 Å². The second-order valence-corrected chi connectivity index (χ2v) is 6.41. The Morgan fingerprint density at radius 3 is 2.21 bits per heavy atom. The van der Waals surface area contributed by atoms with Crippen LogP contribution in [-0.4, -0.2) is 15.9 Å². The first kappa shape index (κ1) is 18.4. The lowest BCUT2D eigenvalue weighted by atomic mass is 10.0. The molecule has 5 nitrogen and oxygen atoms in total. The molecule has 5 heteroatoms. The zero-order valence-electron chi connectivity index (χ0n) is 15.7. The average molecular weight is 381 g/mol. The summed E-state index contributed by atoms with van der Waals surface area (Å²) in [5.74, 6) is 0.287. The average Bonchev–Trinajstić information content (AvgIpc) is 2.79. The summed E-state index contributed by atoms with van der Waals surface area (Å²) in [5, 5.41) is 2.89. The first-order valence-electron chi connectivity index (χ1n) is 9.22. The third-order valence-corrected chi connectivity index (χ3v) is 4.42. The predicted molar refractivity (Wildman–Crippen MR) is 113 cm³/mol. The lowest BCUT2D eigenvalue weighted by Crippen LogP contribution is -2.14. The maximum absolute atomic E-state index is 12.9. The highest BCUT2D eigenvalue weighted by atomic mass is 16.5. The largest absolute Gasteiger partial charge is 0.488 e. The van der Waals surface area contributed by atoms with Gasteiger partial charge in [0.2, 0.25) is 0 Å². The molecule has 0 aliphatic rings. The van der Waals surface area contributed by atoms with Crippen LogP contribution in [-0.2, 0) is 6.61 Å². The van der Waals surface area contributed by atoms with Crippen LogP contribution in [0, 0.1) is 0 Å². The summed E-state index contributed by atoms with van der Waals surface area (Å²) in [6.07, 6.45) is 6.75. The smallest absolute Gasteiger partial charge is 0.259 e. The highest BCUT2D eigenvalue weighted by Gasteiger charge is 2.15. The van der Waals surface area contributed by atoms with Crippen LogP contribution in [0.4, 0.5) is 5.69 Å². The Morgan fingerprint density at radius 2 is 1.48 bits per heavy atom. The highest BCUT2D eigenvalue weighted by Crippen LogP contribution is 2.28. The summed E-state index contributed by atoms with van der Waals surface area (Å²) in [6.45, 7) is 0.371. The molecule has 4 aromatic rings. The summed E-state index contributed by atoms with van der Waals surface area (Å²) in [5.41, 5.74) is 4.14. The molecular formula is C24H19N3O2. The van der Waals surface area contributed by atoms with Crippen LogP contribution in [0.1, 0.15) is 15.9 Å². The fourth-order valence-electron chi connectivity index (χ4n) is 2.92. The molecule has 2 aromatic heterocycles. The Hall–Kier alpha value is -3.99. The second kappa shape index (κ2) is 8.80. The van der Waals surface area contributed by atoms with Crippen LogP contribution in [0.5, 0.6) is 5.75 Å². The molecule has 4 rings (SSSR count). The number of amides is 1. The number of anilines is 1. The number of ether oxygens (including phenoxy) is 1. The number of aromatic nitrogens is 2. The maximum Gasteiger partial charge on any atom is 0.259 e. The molecule has 1 amide bonds. The van der Waals surface area contributed by atoms with E-state index in [2.05, 4.69) is 15.3 Å². The van der Waals surface area contributed by atoms with Crippen molar-refractivity contribution >= 4 is 11.6 Å². The number of carbonyl (C=O) groups excluding carboxylic acids is 1. The normalized spacial score (nSPS) is 10.3. The zero-order chi connectivity index (χ0) is 19.9. The first-order chi connectivity index (χ1) is 14.3. The van der Waals surface area contributed by atoms with Gasteiger partial charge in [-0.3, -0.25) is 14.8 Å². The van der Waals surface area contributed by atoms with Crippen LogP contribution in [0.2, 0.25) is 0 Å². The minimum atomic E-state index is -0.236. The van der Waals surface area contributed by atoms with Gasteiger partial charge in [0.05, 0.1) is 5.56 Å². The first-order valence-corrected chi connectivity index (χ1v) is 9.22. The fraction of sp³-hybridized carbons (Fsp3) is 0.0417. The quantitative estimate of drug-likeness (QED) is 0.512. The zero-order valence-corrected chi connectivity index (χ0v) is 15.7. The Bertz CT molecular complexity index is 1080. The minimum Gasteiger partial charge on any atom is -0.488 e. The third kappa shape index (κ3) is 4.65. The van der Waals surface area contributed by atoms with Gasteiger partial charge in [-0.05, 0) is 53.1 Å². The number of nitrogens with zero attached hydrogens (tertiary/aromatic N) is 2. The van der Waals surface area contributed by atoms with E-state index in [-0.39, 0.29) is 5.91 Å². The van der Waals surface area contributed by atoms with Gasteiger partial charge in [0.25, 0.3) is 5.91 Å². The summed E-state index contributed by atoms with van der Waals surface area (Å²) < 4.78 is 6.06. The summed E-state index contributed by atoms with van der Waals surface area (Å²) in [4.78, 5) is 20.9. The Labute approximate surface area is 169 Å². The van der Waals surface area contributed by atoms with E-state index in [9.17, 15) is 4.79 Å². The molecule has 2 heterocycles. The van der Waals surface area contributed by atoms with Gasteiger partial charge in [-0.15, -0.1) is 0 Å². The van der Waals surface area contributed by atoms with E-state index in [0.29, 0.717) is 23.6 Å². The van der Waals surface area contributed by atoms with Gasteiger partial charge in [-0.25, -0.2) is 0 Å². The van der Waals surface area contributed by atoms with Crippen LogP contribution in [0.3, 0.4) is 0 Å². The number of pyridine rings is 2. The molecule has 0 spiro atoms. The molecule has 29 heavy (non-hydrogen) atoms. The van der Waals surface area contributed by atoms with Gasteiger partial charge in [0.1, 0.15) is 12.4 Å². The Kier molecular flexibility index (Phi) is 5.58. The molecule has 1 N–H and O–H groups in total. The van der Waals surface area contributed by atoms with E-state index in [1.165, 1.54) is 0 Å². The van der Waals surface area contributed by atoms with Crippen molar-refractivity contribution in [1.29, 1.82) is 0 Å². The van der Waals surface area contributed by atoms with Crippen molar-refractivity contribution in [3.8, 4) is 16.9 Å². The SMILES string of the molecule is O=C(Nc1ccncc1)c1ccc(-c2ccncc2)cc1OCc1ccccc1. The maximum atomic E-state index is 12.9. The van der Waals surface area contributed by atoms with E-state index >= 15 is 0 Å². The molecule has 142 valence electrons. The van der Waals surface area contributed by atoms with E-state index < -0.39 is 0 Å². The molecule has 2 aromatic carbocycles. The van der Waals surface area contributed by atoms with Crippen molar-refractivity contribution < 1.29 is 9.53 Å². The van der Waals surface area contributed by atoms with E-state index in [1.54, 1.807) is 43.0 Å². The summed E-state index contributed by atoms with van der Waals surface area (Å²) in [6, 6.07) is 22.8. The Morgan fingerprint density at radius 1 is 0.793 bits per heavy atom. The molecule has 0 saturated carbocycles. The number of hydrogen-bond donors (Lipinski definition) is 1.